The van der Waals surface area contributed by atoms with E-state index in [0.717, 1.165) is 15.9 Å². The van der Waals surface area contributed by atoms with E-state index in [0.29, 0.717) is 26.7 Å². The number of carbonyl (C=O) groups excluding carboxylic acids is 2. The third kappa shape index (κ3) is 6.49. The number of amides is 2. The highest BCUT2D eigenvalue weighted by molar-refractivity contribution is 7.92. The fraction of sp³-hybridized carbons (Fsp3) is 0.308. The Morgan fingerprint density at radius 3 is 2.11 bits per heavy atom. The van der Waals surface area contributed by atoms with Crippen molar-refractivity contribution in [3.8, 4) is 0 Å². The molecule has 3 aromatic rings. The number of rotatable bonds is 9. The molecule has 1 N–H and O–H groups in total. The van der Waals surface area contributed by atoms with Gasteiger partial charge in [0.2, 0.25) is 21.8 Å². The molecule has 0 saturated heterocycles. The van der Waals surface area contributed by atoms with E-state index in [2.05, 4.69) is 5.32 Å². The molecular formula is C26H29Cl2N3O4S. The van der Waals surface area contributed by atoms with Gasteiger partial charge < -0.3 is 10.2 Å². The standard InChI is InChI=1S/C26H29Cl2N3O4S/c1-17(2)29-26(33)18(3)30(15-21-22(27)12-8-13-23(21)28)25(32)16-31(36(4,34)35)24-14-7-10-19-9-5-6-11-20(19)24/h5-14,17-18H,15-16H2,1-4H3,(H,29,33). The van der Waals surface area contributed by atoms with Crippen molar-refractivity contribution in [2.24, 2.45) is 0 Å². The van der Waals surface area contributed by atoms with Crippen LogP contribution in [0.2, 0.25) is 10.0 Å². The maximum absolute atomic E-state index is 13.7. The van der Waals surface area contributed by atoms with E-state index in [1.54, 1.807) is 49.4 Å². The Bertz CT molecular complexity index is 1350. The van der Waals surface area contributed by atoms with E-state index in [1.165, 1.54) is 4.90 Å². The van der Waals surface area contributed by atoms with Gasteiger partial charge in [-0.1, -0.05) is 65.7 Å². The lowest BCUT2D eigenvalue weighted by Crippen LogP contribution is -2.52. The fourth-order valence-corrected chi connectivity index (χ4v) is 5.24. The molecule has 1 unspecified atom stereocenters. The lowest BCUT2D eigenvalue weighted by molar-refractivity contribution is -0.139. The van der Waals surface area contributed by atoms with E-state index < -0.39 is 28.5 Å². The van der Waals surface area contributed by atoms with Crippen molar-refractivity contribution in [1.29, 1.82) is 0 Å². The highest BCUT2D eigenvalue weighted by Crippen LogP contribution is 2.30. The molecule has 0 fully saturated rings. The molecule has 0 radical (unpaired) electrons. The number of halogens is 2. The molecule has 0 spiro atoms. The van der Waals surface area contributed by atoms with Gasteiger partial charge in [-0.05, 0) is 44.4 Å². The van der Waals surface area contributed by atoms with Crippen LogP contribution in [0, 0.1) is 0 Å². The van der Waals surface area contributed by atoms with Crippen molar-refractivity contribution in [3.05, 3.63) is 76.3 Å². The summed E-state index contributed by atoms with van der Waals surface area (Å²) in [6, 6.07) is 16.5. The van der Waals surface area contributed by atoms with Crippen LogP contribution >= 0.6 is 23.2 Å². The largest absolute Gasteiger partial charge is 0.352 e. The molecule has 0 aliphatic rings. The summed E-state index contributed by atoms with van der Waals surface area (Å²) in [5, 5.41) is 5.00. The maximum Gasteiger partial charge on any atom is 0.244 e. The van der Waals surface area contributed by atoms with E-state index >= 15 is 0 Å². The highest BCUT2D eigenvalue weighted by atomic mass is 35.5. The minimum Gasteiger partial charge on any atom is -0.352 e. The normalized spacial score (nSPS) is 12.4. The molecule has 2 amide bonds. The molecule has 3 aromatic carbocycles. The van der Waals surface area contributed by atoms with Gasteiger partial charge in [-0.2, -0.15) is 0 Å². The van der Waals surface area contributed by atoms with Crippen LogP contribution in [0.1, 0.15) is 26.3 Å². The van der Waals surface area contributed by atoms with Gasteiger partial charge in [-0.3, -0.25) is 13.9 Å². The van der Waals surface area contributed by atoms with E-state index in [4.69, 9.17) is 23.2 Å². The Kier molecular flexibility index (Phi) is 8.87. The predicted octanol–water partition coefficient (Wildman–Crippen LogP) is 4.85. The molecule has 10 heteroatoms. The lowest BCUT2D eigenvalue weighted by Gasteiger charge is -2.32. The topological polar surface area (TPSA) is 86.8 Å². The van der Waals surface area contributed by atoms with Gasteiger partial charge in [0.1, 0.15) is 12.6 Å². The van der Waals surface area contributed by atoms with E-state index in [1.807, 2.05) is 32.0 Å². The van der Waals surface area contributed by atoms with Crippen molar-refractivity contribution in [1.82, 2.24) is 10.2 Å². The van der Waals surface area contributed by atoms with Gasteiger partial charge >= 0.3 is 0 Å². The van der Waals surface area contributed by atoms with Gasteiger partial charge in [0, 0.05) is 33.6 Å². The molecule has 36 heavy (non-hydrogen) atoms. The van der Waals surface area contributed by atoms with Gasteiger partial charge in [0.25, 0.3) is 0 Å². The minimum absolute atomic E-state index is 0.0723. The van der Waals surface area contributed by atoms with Crippen LogP contribution < -0.4 is 9.62 Å². The molecule has 1 atom stereocenters. The second-order valence-electron chi connectivity index (χ2n) is 8.83. The van der Waals surface area contributed by atoms with Crippen LogP contribution in [0.25, 0.3) is 10.8 Å². The number of nitrogens with zero attached hydrogens (tertiary/aromatic N) is 2. The van der Waals surface area contributed by atoms with Gasteiger partial charge in [0.05, 0.1) is 11.9 Å². The van der Waals surface area contributed by atoms with Crippen LogP contribution in [-0.2, 0) is 26.2 Å². The van der Waals surface area contributed by atoms with Crippen molar-refractivity contribution < 1.29 is 18.0 Å². The molecule has 3 rings (SSSR count). The van der Waals surface area contributed by atoms with E-state index in [9.17, 15) is 18.0 Å². The fourth-order valence-electron chi connectivity index (χ4n) is 3.86. The first kappa shape index (κ1) is 27.8. The second-order valence-corrected chi connectivity index (χ2v) is 11.6. The van der Waals surface area contributed by atoms with Crippen LogP contribution in [0.3, 0.4) is 0 Å². The number of anilines is 1. The van der Waals surface area contributed by atoms with Gasteiger partial charge in [-0.25, -0.2) is 8.42 Å². The Morgan fingerprint density at radius 2 is 1.50 bits per heavy atom. The number of benzene rings is 3. The Balaban J connectivity index is 2.04. The third-order valence-corrected chi connectivity index (χ3v) is 7.54. The smallest absolute Gasteiger partial charge is 0.244 e. The zero-order chi connectivity index (χ0) is 26.6. The Morgan fingerprint density at radius 1 is 0.917 bits per heavy atom. The quantitative estimate of drug-likeness (QED) is 0.413. The number of sulfonamides is 1. The third-order valence-electron chi connectivity index (χ3n) is 5.70. The summed E-state index contributed by atoms with van der Waals surface area (Å²) in [6.07, 6.45) is 1.05. The molecule has 0 aromatic heterocycles. The van der Waals surface area contributed by atoms with Crippen LogP contribution in [0.4, 0.5) is 5.69 Å². The molecule has 7 nitrogen and oxygen atoms in total. The zero-order valence-electron chi connectivity index (χ0n) is 20.5. The first-order valence-corrected chi connectivity index (χ1v) is 14.0. The summed E-state index contributed by atoms with van der Waals surface area (Å²) >= 11 is 12.7. The summed E-state index contributed by atoms with van der Waals surface area (Å²) in [7, 11) is -3.86. The van der Waals surface area contributed by atoms with Gasteiger partial charge in [-0.15, -0.1) is 0 Å². The minimum atomic E-state index is -3.86. The molecule has 192 valence electrons. The van der Waals surface area contributed by atoms with Crippen LogP contribution in [0.5, 0.6) is 0 Å². The molecule has 0 saturated carbocycles. The Labute approximate surface area is 222 Å². The number of fused-ring (bicyclic) bond motifs is 1. The zero-order valence-corrected chi connectivity index (χ0v) is 22.9. The number of hydrogen-bond donors (Lipinski definition) is 1. The summed E-state index contributed by atoms with van der Waals surface area (Å²) in [5.41, 5.74) is 0.841. The number of carbonyl (C=O) groups is 2. The SMILES string of the molecule is CC(C)NC(=O)C(C)N(Cc1c(Cl)cccc1Cl)C(=O)CN(c1cccc2ccccc12)S(C)(=O)=O. The number of nitrogens with one attached hydrogen (secondary N) is 1. The average molecular weight is 551 g/mol. The monoisotopic (exact) mass is 549 g/mol. The van der Waals surface area contributed by atoms with Crippen LogP contribution in [-0.4, -0.2) is 50.0 Å². The second kappa shape index (κ2) is 11.5. The first-order chi connectivity index (χ1) is 16.9. The first-order valence-electron chi connectivity index (χ1n) is 11.4. The predicted molar refractivity (Wildman–Crippen MR) is 146 cm³/mol. The van der Waals surface area contributed by atoms with Gasteiger partial charge in [0.15, 0.2) is 0 Å². The Hall–Kier alpha value is -2.81. The molecule has 0 aliphatic carbocycles. The molecular weight excluding hydrogens is 521 g/mol. The summed E-state index contributed by atoms with van der Waals surface area (Å²) in [5.74, 6) is -0.951. The molecule has 0 heterocycles. The lowest BCUT2D eigenvalue weighted by atomic mass is 10.1. The van der Waals surface area contributed by atoms with Crippen molar-refractivity contribution in [2.45, 2.75) is 39.4 Å². The summed E-state index contributed by atoms with van der Waals surface area (Å²) < 4.78 is 26.8. The molecule has 0 bridgehead atoms. The van der Waals surface area contributed by atoms with E-state index in [-0.39, 0.29) is 18.5 Å². The molecule has 0 aliphatic heterocycles. The highest BCUT2D eigenvalue weighted by Gasteiger charge is 2.31. The number of hydrogen-bond acceptors (Lipinski definition) is 4. The maximum atomic E-state index is 13.7. The van der Waals surface area contributed by atoms with Crippen molar-refractivity contribution in [3.63, 3.8) is 0 Å². The summed E-state index contributed by atoms with van der Waals surface area (Å²) in [4.78, 5) is 27.9. The van der Waals surface area contributed by atoms with Crippen LogP contribution in [0.15, 0.2) is 60.7 Å². The average Bonchev–Trinajstić information content (AvgIpc) is 2.80. The van der Waals surface area contributed by atoms with Crippen molar-refractivity contribution in [2.75, 3.05) is 17.1 Å². The van der Waals surface area contributed by atoms with Crippen molar-refractivity contribution >= 4 is 61.5 Å². The summed E-state index contributed by atoms with van der Waals surface area (Å²) in [6.45, 7) is 4.63.